The Kier molecular flexibility index (Phi) is 8.48. The Morgan fingerprint density at radius 2 is 0.500 bits per heavy atom. The minimum Gasteiger partial charge on any atom is -0.456 e. The van der Waals surface area contributed by atoms with Crippen LogP contribution in [0.2, 0.25) is 0 Å². The van der Waals surface area contributed by atoms with Crippen LogP contribution in [0.4, 0.5) is 34.1 Å². The fourth-order valence-electron chi connectivity index (χ4n) is 10.00. The van der Waals surface area contributed by atoms with E-state index in [1.54, 1.807) is 0 Å². The van der Waals surface area contributed by atoms with E-state index in [0.29, 0.717) is 0 Å². The van der Waals surface area contributed by atoms with Crippen LogP contribution in [0.1, 0.15) is 11.1 Å². The number of anilines is 6. The second-order valence-corrected chi connectivity index (χ2v) is 17.3. The molecular weight excluding hydrogens is 837 g/mol. The Balaban J connectivity index is 0.771. The highest BCUT2D eigenvalue weighted by Crippen LogP contribution is 2.43. The highest BCUT2D eigenvalue weighted by Gasteiger charge is 2.20. The number of hydrogen-bond donors (Lipinski definition) is 0. The number of rotatable bonds is 8. The highest BCUT2D eigenvalue weighted by molar-refractivity contribution is 6.10. The molecule has 0 aliphatic heterocycles. The Bertz CT molecular complexity index is 4010. The largest absolute Gasteiger partial charge is 0.456 e. The quantitative estimate of drug-likeness (QED) is 0.142. The molecule has 0 saturated heterocycles. The summed E-state index contributed by atoms with van der Waals surface area (Å²) in [5, 5.41) is 8.70. The van der Waals surface area contributed by atoms with Crippen LogP contribution >= 0.6 is 0 Å². The van der Waals surface area contributed by atoms with Crippen LogP contribution < -0.4 is 9.80 Å². The van der Waals surface area contributed by atoms with E-state index < -0.39 is 0 Å². The molecular formula is C62H38N2O4. The Morgan fingerprint density at radius 1 is 0.221 bits per heavy atom. The molecule has 14 aromatic rings. The number of hydrogen-bond acceptors (Lipinski definition) is 6. The van der Waals surface area contributed by atoms with Crippen molar-refractivity contribution in [3.63, 3.8) is 0 Å². The van der Waals surface area contributed by atoms with Crippen LogP contribution in [0.5, 0.6) is 0 Å². The summed E-state index contributed by atoms with van der Waals surface area (Å²) in [7, 11) is 0. The van der Waals surface area contributed by atoms with Gasteiger partial charge in [-0.2, -0.15) is 0 Å². The molecule has 0 aliphatic rings. The normalized spacial score (nSPS) is 12.1. The monoisotopic (exact) mass is 874 g/mol. The van der Waals surface area contributed by atoms with Crippen molar-refractivity contribution in [2.45, 2.75) is 0 Å². The molecule has 4 aromatic heterocycles. The molecule has 0 bridgehead atoms. The van der Waals surface area contributed by atoms with Crippen molar-refractivity contribution in [1.29, 1.82) is 0 Å². The van der Waals surface area contributed by atoms with Crippen molar-refractivity contribution in [3.8, 4) is 0 Å². The second-order valence-electron chi connectivity index (χ2n) is 17.3. The molecule has 6 heteroatoms. The van der Waals surface area contributed by atoms with Gasteiger partial charge in [-0.15, -0.1) is 0 Å². The standard InChI is InChI=1S/C62H38N2O4/c1-3-11-41(12-4-1)63(43-23-29-51-47-15-7-9-17-55(47)65-59(51)35-43)45-25-31-53-49-27-21-39(33-57(49)67-61(53)37-45)19-20-40-22-28-50-54-32-26-46(38-62(54)68-58(50)34-40)64(42-13-5-2-6-14-42)44-24-30-52-48-16-8-10-18-56(48)66-60(52)36-44/h1-38H/b20-19+. The van der Waals surface area contributed by atoms with E-state index in [2.05, 4.69) is 192 Å². The minimum atomic E-state index is 0.821. The van der Waals surface area contributed by atoms with Crippen LogP contribution in [0.3, 0.4) is 0 Å². The third kappa shape index (κ3) is 6.27. The number of benzene rings is 10. The van der Waals surface area contributed by atoms with Gasteiger partial charge in [-0.3, -0.25) is 0 Å². The van der Waals surface area contributed by atoms with Gasteiger partial charge in [0.1, 0.15) is 44.7 Å². The molecule has 320 valence electrons. The van der Waals surface area contributed by atoms with Gasteiger partial charge in [-0.05, 0) is 120 Å². The molecule has 10 aromatic carbocycles. The first-order valence-electron chi connectivity index (χ1n) is 22.8. The van der Waals surface area contributed by atoms with Crippen LogP contribution in [-0.4, -0.2) is 0 Å². The van der Waals surface area contributed by atoms with Gasteiger partial charge in [0.2, 0.25) is 0 Å². The predicted molar refractivity (Wildman–Crippen MR) is 280 cm³/mol. The lowest BCUT2D eigenvalue weighted by Crippen LogP contribution is -2.09. The zero-order valence-corrected chi connectivity index (χ0v) is 36.5. The summed E-state index contributed by atoms with van der Waals surface area (Å²) in [6.45, 7) is 0. The summed E-state index contributed by atoms with van der Waals surface area (Å²) < 4.78 is 25.9. The molecule has 0 amide bonds. The zero-order valence-electron chi connectivity index (χ0n) is 36.5. The first kappa shape index (κ1) is 38.1. The van der Waals surface area contributed by atoms with E-state index in [1.807, 2.05) is 48.5 Å². The molecule has 0 saturated carbocycles. The van der Waals surface area contributed by atoms with Crippen LogP contribution in [-0.2, 0) is 0 Å². The molecule has 0 fully saturated rings. The third-order valence-corrected chi connectivity index (χ3v) is 13.2. The number of fused-ring (bicyclic) bond motifs is 12. The summed E-state index contributed by atoms with van der Waals surface area (Å²) in [6, 6.07) is 75.8. The maximum atomic E-state index is 6.62. The van der Waals surface area contributed by atoms with Crippen molar-refractivity contribution in [2.24, 2.45) is 0 Å². The molecule has 0 spiro atoms. The zero-order chi connectivity index (χ0) is 44.7. The molecule has 4 heterocycles. The minimum absolute atomic E-state index is 0.821. The van der Waals surface area contributed by atoms with Gasteiger partial charge in [-0.25, -0.2) is 0 Å². The third-order valence-electron chi connectivity index (χ3n) is 13.2. The molecule has 14 rings (SSSR count). The lowest BCUT2D eigenvalue weighted by Gasteiger charge is -2.25. The lowest BCUT2D eigenvalue weighted by molar-refractivity contribution is 0.668. The topological polar surface area (TPSA) is 59.0 Å². The maximum Gasteiger partial charge on any atom is 0.137 e. The molecule has 0 unspecified atom stereocenters. The van der Waals surface area contributed by atoms with Gasteiger partial charge < -0.3 is 27.5 Å². The van der Waals surface area contributed by atoms with Crippen molar-refractivity contribution in [1.82, 2.24) is 0 Å². The first-order valence-corrected chi connectivity index (χ1v) is 22.8. The summed E-state index contributed by atoms with van der Waals surface area (Å²) in [6.07, 6.45) is 4.25. The Morgan fingerprint density at radius 3 is 0.868 bits per heavy atom. The van der Waals surface area contributed by atoms with E-state index in [1.165, 1.54) is 0 Å². The van der Waals surface area contributed by atoms with Crippen LogP contribution in [0, 0.1) is 0 Å². The summed E-state index contributed by atoms with van der Waals surface area (Å²) >= 11 is 0. The molecule has 0 radical (unpaired) electrons. The summed E-state index contributed by atoms with van der Waals surface area (Å²) in [4.78, 5) is 4.49. The van der Waals surface area contributed by atoms with E-state index in [4.69, 9.17) is 17.7 Å². The first-order chi connectivity index (χ1) is 33.6. The van der Waals surface area contributed by atoms with Gasteiger partial charge in [-0.1, -0.05) is 97.1 Å². The molecule has 0 aliphatic carbocycles. The maximum absolute atomic E-state index is 6.62. The Labute approximate surface area is 389 Å². The molecule has 0 N–H and O–H groups in total. The van der Waals surface area contributed by atoms with E-state index in [9.17, 15) is 0 Å². The molecule has 68 heavy (non-hydrogen) atoms. The predicted octanol–water partition coefficient (Wildman–Crippen LogP) is 18.4. The van der Waals surface area contributed by atoms with Gasteiger partial charge in [0, 0.05) is 101 Å². The van der Waals surface area contributed by atoms with E-state index in [0.717, 1.165) is 133 Å². The van der Waals surface area contributed by atoms with Crippen molar-refractivity contribution in [3.05, 3.63) is 230 Å². The smallest absolute Gasteiger partial charge is 0.137 e. The van der Waals surface area contributed by atoms with E-state index >= 15 is 0 Å². The van der Waals surface area contributed by atoms with Crippen molar-refractivity contribution >= 4 is 134 Å². The van der Waals surface area contributed by atoms with Crippen LogP contribution in [0.25, 0.3) is 99.9 Å². The highest BCUT2D eigenvalue weighted by atomic mass is 16.3. The Hall–Kier alpha value is -9.26. The molecule has 6 nitrogen and oxygen atoms in total. The number of para-hydroxylation sites is 4. The lowest BCUT2D eigenvalue weighted by atomic mass is 10.1. The summed E-state index contributed by atoms with van der Waals surface area (Å²) in [5.74, 6) is 0. The molecule has 0 atom stereocenters. The van der Waals surface area contributed by atoms with Crippen molar-refractivity contribution in [2.75, 3.05) is 9.80 Å². The average molecular weight is 875 g/mol. The SMILES string of the molecule is C(=C\c1ccc2c(c1)oc1cc(N(c3ccccc3)c3ccc4c(c3)oc3ccccc34)ccc12)/c1ccc2c(c1)oc1cc(N(c3ccccc3)c3ccc4c(c3)oc3ccccc34)ccc12. The second kappa shape index (κ2) is 15.2. The fourth-order valence-corrected chi connectivity index (χ4v) is 10.00. The number of furan rings is 4. The fraction of sp³-hybridized carbons (Fsp3) is 0. The van der Waals surface area contributed by atoms with Crippen LogP contribution in [0.15, 0.2) is 236 Å². The average Bonchev–Trinajstić information content (AvgIpc) is 4.15. The summed E-state index contributed by atoms with van der Waals surface area (Å²) in [5.41, 5.74) is 14.9. The van der Waals surface area contributed by atoms with E-state index in [-0.39, 0.29) is 0 Å². The van der Waals surface area contributed by atoms with Gasteiger partial charge in [0.25, 0.3) is 0 Å². The van der Waals surface area contributed by atoms with Gasteiger partial charge in [0.15, 0.2) is 0 Å². The number of nitrogens with zero attached hydrogens (tertiary/aromatic N) is 2. The van der Waals surface area contributed by atoms with Gasteiger partial charge in [0.05, 0.1) is 0 Å². The van der Waals surface area contributed by atoms with Crippen molar-refractivity contribution < 1.29 is 17.7 Å². The van der Waals surface area contributed by atoms with Gasteiger partial charge >= 0.3 is 0 Å².